The molecule has 3 rings (SSSR count). The third-order valence-electron chi connectivity index (χ3n) is 4.51. The minimum atomic E-state index is -1.26. The maximum Gasteiger partial charge on any atom is 0.272 e. The lowest BCUT2D eigenvalue weighted by molar-refractivity contribution is -0.385. The Balaban J connectivity index is 2.14. The highest BCUT2D eigenvalue weighted by Crippen LogP contribution is 2.66. The Morgan fingerprint density at radius 2 is 2.26 bits per heavy atom. The van der Waals surface area contributed by atoms with Crippen molar-refractivity contribution in [1.82, 2.24) is 0 Å². The van der Waals surface area contributed by atoms with Crippen LogP contribution in [-0.2, 0) is 10.3 Å². The number of nitro benzene ring substituents is 1. The fraction of sp³-hybridized carbons (Fsp3) is 0.500. The number of methoxy groups -OCH3 is 1. The normalized spacial score (nSPS) is 32.2. The van der Waals surface area contributed by atoms with Crippen molar-refractivity contribution in [2.75, 3.05) is 13.7 Å². The van der Waals surface area contributed by atoms with Crippen LogP contribution in [0.2, 0.25) is 0 Å². The SMILES string of the molecule is COC[C@]12C[C@H]1[C@@](C)(c1cc([N+](=O)[O-])cc(F)c1F)N=C(N)S2. The molecule has 1 heterocycles. The number of nitrogens with two attached hydrogens (primary N) is 1. The lowest BCUT2D eigenvalue weighted by Crippen LogP contribution is -2.37. The Bertz CT molecular complexity index is 729. The number of fused-ring (bicyclic) bond motifs is 1. The standard InChI is InChI=1S/C14H15F2N3O3S/c1-13(8-3-7(19(20)21)4-9(15)11(8)16)10-5-14(10,6-22-2)23-12(17)18-13/h3-4,10H,5-6H2,1-2H3,(H2,17,18)/t10-,13+,14+/m0/s1. The summed E-state index contributed by atoms with van der Waals surface area (Å²) in [6.45, 7) is 2.02. The zero-order valence-electron chi connectivity index (χ0n) is 12.5. The minimum Gasteiger partial charge on any atom is -0.383 e. The van der Waals surface area contributed by atoms with Gasteiger partial charge in [-0.25, -0.2) is 8.78 Å². The largest absolute Gasteiger partial charge is 0.383 e. The van der Waals surface area contributed by atoms with Crippen LogP contribution < -0.4 is 5.73 Å². The number of rotatable bonds is 4. The zero-order valence-corrected chi connectivity index (χ0v) is 13.3. The van der Waals surface area contributed by atoms with Crippen molar-refractivity contribution in [1.29, 1.82) is 0 Å². The van der Waals surface area contributed by atoms with Gasteiger partial charge in [0.1, 0.15) is 0 Å². The van der Waals surface area contributed by atoms with E-state index in [9.17, 15) is 18.9 Å². The quantitative estimate of drug-likeness (QED) is 0.670. The first-order valence-corrected chi connectivity index (χ1v) is 7.72. The van der Waals surface area contributed by atoms with Crippen LogP contribution in [0.25, 0.3) is 0 Å². The number of hydrogen-bond donors (Lipinski definition) is 1. The lowest BCUT2D eigenvalue weighted by atomic mass is 9.85. The number of halogens is 2. The highest BCUT2D eigenvalue weighted by molar-refractivity contribution is 8.15. The Morgan fingerprint density at radius 3 is 2.87 bits per heavy atom. The molecule has 1 fully saturated rings. The molecule has 1 aliphatic carbocycles. The van der Waals surface area contributed by atoms with Gasteiger partial charge < -0.3 is 10.5 Å². The highest BCUT2D eigenvalue weighted by Gasteiger charge is 2.66. The average molecular weight is 343 g/mol. The topological polar surface area (TPSA) is 90.8 Å². The van der Waals surface area contributed by atoms with Crippen molar-refractivity contribution in [3.05, 3.63) is 39.4 Å². The molecule has 0 saturated heterocycles. The number of nitrogens with zero attached hydrogens (tertiary/aromatic N) is 2. The van der Waals surface area contributed by atoms with Crippen LogP contribution >= 0.6 is 11.8 Å². The predicted octanol–water partition coefficient (Wildman–Crippen LogP) is 2.55. The van der Waals surface area contributed by atoms with E-state index < -0.39 is 27.8 Å². The van der Waals surface area contributed by atoms with Gasteiger partial charge in [0.15, 0.2) is 16.8 Å². The second kappa shape index (κ2) is 5.13. The summed E-state index contributed by atoms with van der Waals surface area (Å²) < 4.78 is 33.0. The molecule has 3 atom stereocenters. The van der Waals surface area contributed by atoms with E-state index >= 15 is 0 Å². The van der Waals surface area contributed by atoms with Gasteiger partial charge in [0.25, 0.3) is 5.69 Å². The van der Waals surface area contributed by atoms with Crippen molar-refractivity contribution in [3.8, 4) is 0 Å². The summed E-state index contributed by atoms with van der Waals surface area (Å²) in [5, 5.41) is 11.2. The van der Waals surface area contributed by atoms with E-state index in [-0.39, 0.29) is 21.4 Å². The van der Waals surface area contributed by atoms with Gasteiger partial charge in [0, 0.05) is 24.7 Å². The average Bonchev–Trinajstić information content (AvgIpc) is 3.16. The summed E-state index contributed by atoms with van der Waals surface area (Å²) in [5.74, 6) is -2.52. The van der Waals surface area contributed by atoms with Gasteiger partial charge in [-0.2, -0.15) is 0 Å². The Labute approximate surface area is 135 Å². The summed E-state index contributed by atoms with van der Waals surface area (Å²) >= 11 is 1.36. The van der Waals surface area contributed by atoms with Gasteiger partial charge in [0.2, 0.25) is 0 Å². The molecule has 1 aromatic rings. The van der Waals surface area contributed by atoms with E-state index in [1.54, 1.807) is 14.0 Å². The molecule has 0 aromatic heterocycles. The lowest BCUT2D eigenvalue weighted by Gasteiger charge is -2.33. The van der Waals surface area contributed by atoms with Crippen molar-refractivity contribution in [3.63, 3.8) is 0 Å². The van der Waals surface area contributed by atoms with Gasteiger partial charge in [0.05, 0.1) is 27.9 Å². The molecule has 1 aromatic carbocycles. The van der Waals surface area contributed by atoms with Gasteiger partial charge in [-0.3, -0.25) is 15.1 Å². The summed E-state index contributed by atoms with van der Waals surface area (Å²) in [6.07, 6.45) is 0.663. The van der Waals surface area contributed by atoms with Crippen LogP contribution in [-0.4, -0.2) is 28.6 Å². The third-order valence-corrected chi connectivity index (χ3v) is 5.79. The van der Waals surface area contributed by atoms with Crippen LogP contribution in [0.3, 0.4) is 0 Å². The van der Waals surface area contributed by atoms with Crippen LogP contribution in [0.4, 0.5) is 14.5 Å². The van der Waals surface area contributed by atoms with Crippen molar-refractivity contribution in [2.24, 2.45) is 16.6 Å². The second-order valence-electron chi connectivity index (χ2n) is 6.00. The highest BCUT2D eigenvalue weighted by atomic mass is 32.2. The molecule has 2 aliphatic rings. The number of aliphatic imine (C=N–C) groups is 1. The predicted molar refractivity (Wildman–Crippen MR) is 82.3 cm³/mol. The van der Waals surface area contributed by atoms with Gasteiger partial charge in [-0.1, -0.05) is 11.8 Å². The Morgan fingerprint density at radius 1 is 1.57 bits per heavy atom. The zero-order chi connectivity index (χ0) is 17.0. The first-order valence-electron chi connectivity index (χ1n) is 6.91. The number of benzene rings is 1. The molecule has 0 bridgehead atoms. The molecule has 1 saturated carbocycles. The molecule has 0 spiro atoms. The number of ether oxygens (including phenoxy) is 1. The van der Waals surface area contributed by atoms with Crippen molar-refractivity contribution < 1.29 is 18.4 Å². The van der Waals surface area contributed by atoms with E-state index in [1.807, 2.05) is 0 Å². The number of thioether (sulfide) groups is 1. The van der Waals surface area contributed by atoms with Crippen molar-refractivity contribution >= 4 is 22.6 Å². The molecular weight excluding hydrogens is 328 g/mol. The molecule has 9 heteroatoms. The molecular formula is C14H15F2N3O3S. The summed E-state index contributed by atoms with van der Waals surface area (Å²) in [4.78, 5) is 14.5. The van der Waals surface area contributed by atoms with E-state index in [4.69, 9.17) is 10.5 Å². The molecule has 0 radical (unpaired) electrons. The summed E-state index contributed by atoms with van der Waals surface area (Å²) in [6, 6.07) is 1.61. The first-order chi connectivity index (χ1) is 10.7. The van der Waals surface area contributed by atoms with E-state index in [0.717, 1.165) is 6.07 Å². The van der Waals surface area contributed by atoms with Crippen LogP contribution in [0, 0.1) is 27.7 Å². The van der Waals surface area contributed by atoms with Gasteiger partial charge in [-0.15, -0.1) is 0 Å². The smallest absolute Gasteiger partial charge is 0.272 e. The molecule has 1 aliphatic heterocycles. The van der Waals surface area contributed by atoms with Gasteiger partial charge in [-0.05, 0) is 13.3 Å². The third kappa shape index (κ3) is 2.38. The van der Waals surface area contributed by atoms with E-state index in [1.165, 1.54) is 11.8 Å². The molecule has 0 amide bonds. The monoisotopic (exact) mass is 343 g/mol. The van der Waals surface area contributed by atoms with Crippen LogP contribution in [0.1, 0.15) is 18.9 Å². The van der Waals surface area contributed by atoms with Crippen molar-refractivity contribution in [2.45, 2.75) is 23.6 Å². The minimum absolute atomic E-state index is 0.136. The maximum absolute atomic E-state index is 14.4. The van der Waals surface area contributed by atoms with Crippen LogP contribution in [0.15, 0.2) is 17.1 Å². The fourth-order valence-electron chi connectivity index (χ4n) is 3.38. The Kier molecular flexibility index (Phi) is 3.60. The number of hydrogen-bond acceptors (Lipinski definition) is 6. The maximum atomic E-state index is 14.4. The molecule has 23 heavy (non-hydrogen) atoms. The number of non-ortho nitro benzene ring substituents is 1. The van der Waals surface area contributed by atoms with Crippen LogP contribution in [0.5, 0.6) is 0 Å². The second-order valence-corrected chi connectivity index (χ2v) is 7.44. The first kappa shape index (κ1) is 16.1. The molecule has 124 valence electrons. The number of amidine groups is 1. The fourth-order valence-corrected chi connectivity index (χ4v) is 4.83. The molecule has 6 nitrogen and oxygen atoms in total. The number of nitro groups is 1. The Hall–Kier alpha value is -1.74. The van der Waals surface area contributed by atoms with E-state index in [2.05, 4.69) is 4.99 Å². The summed E-state index contributed by atoms with van der Waals surface area (Å²) in [7, 11) is 1.55. The molecule has 0 unspecified atom stereocenters. The van der Waals surface area contributed by atoms with E-state index in [0.29, 0.717) is 19.1 Å². The summed E-state index contributed by atoms with van der Waals surface area (Å²) in [5.41, 5.74) is 4.06. The molecule has 2 N–H and O–H groups in total. The van der Waals surface area contributed by atoms with Gasteiger partial charge >= 0.3 is 0 Å².